The summed E-state index contributed by atoms with van der Waals surface area (Å²) in [4.78, 5) is 20.4. The van der Waals surface area contributed by atoms with Gasteiger partial charge in [0, 0.05) is 18.7 Å². The van der Waals surface area contributed by atoms with Crippen molar-refractivity contribution in [3.63, 3.8) is 0 Å². The Hall–Kier alpha value is -2.15. The molecule has 0 heterocycles. The number of nitrogens with two attached hydrogens (primary N) is 1. The molecule has 0 aliphatic rings. The van der Waals surface area contributed by atoms with E-state index in [-0.39, 0.29) is 18.0 Å². The number of carbonyl (C=O) groups is 1. The predicted molar refractivity (Wildman–Crippen MR) is 54.2 cm³/mol. The topological polar surface area (TPSA) is 116 Å². The van der Waals surface area contributed by atoms with E-state index in [1.807, 2.05) is 0 Å². The molecule has 0 saturated heterocycles. The molecule has 0 saturated carbocycles. The fraction of sp³-hybridized carbons (Fsp3) is 0.222. The van der Waals surface area contributed by atoms with Crippen LogP contribution in [-0.4, -0.2) is 28.6 Å². The van der Waals surface area contributed by atoms with Crippen LogP contribution in [0.5, 0.6) is 5.75 Å². The van der Waals surface area contributed by atoms with E-state index in [9.17, 15) is 14.9 Å². The zero-order valence-corrected chi connectivity index (χ0v) is 8.20. The van der Waals surface area contributed by atoms with Crippen LogP contribution < -0.4 is 10.5 Å². The third-order valence-electron chi connectivity index (χ3n) is 1.82. The first kappa shape index (κ1) is 11.9. The zero-order chi connectivity index (χ0) is 12.1. The zero-order valence-electron chi connectivity index (χ0n) is 8.20. The normalized spacial score (nSPS) is 11.8. The van der Waals surface area contributed by atoms with E-state index in [0.717, 1.165) is 0 Å². The number of benzene rings is 1. The molecule has 7 nitrogen and oxygen atoms in total. The Bertz CT molecular complexity index is 389. The number of hydrogen-bond acceptors (Lipinski definition) is 5. The van der Waals surface area contributed by atoms with Crippen molar-refractivity contribution in [3.8, 4) is 5.75 Å². The second-order valence-corrected chi connectivity index (χ2v) is 2.93. The lowest BCUT2D eigenvalue weighted by atomic mass is 10.3. The van der Waals surface area contributed by atoms with E-state index < -0.39 is 17.0 Å². The number of rotatable bonds is 5. The number of hydrogen-bond donors (Lipinski definition) is 2. The van der Waals surface area contributed by atoms with Crippen LogP contribution in [-0.2, 0) is 4.79 Å². The third kappa shape index (κ3) is 2.92. The van der Waals surface area contributed by atoms with Crippen LogP contribution in [0.25, 0.3) is 0 Å². The maximum absolute atomic E-state index is 10.6. The molecule has 1 aromatic rings. The Kier molecular flexibility index (Phi) is 3.78. The van der Waals surface area contributed by atoms with Gasteiger partial charge in [0.25, 0.3) is 5.69 Å². The van der Waals surface area contributed by atoms with E-state index in [1.165, 1.54) is 24.3 Å². The molecule has 1 atom stereocenters. The Morgan fingerprint density at radius 3 is 2.44 bits per heavy atom. The summed E-state index contributed by atoms with van der Waals surface area (Å²) < 4.78 is 5.01. The number of nitrogens with zero attached hydrogens (tertiary/aromatic N) is 1. The Balaban J connectivity index is 2.75. The van der Waals surface area contributed by atoms with Crippen LogP contribution in [0.15, 0.2) is 24.3 Å². The van der Waals surface area contributed by atoms with Gasteiger partial charge in [-0.3, -0.25) is 10.1 Å². The highest BCUT2D eigenvalue weighted by Crippen LogP contribution is 2.18. The molecule has 0 fully saturated rings. The van der Waals surface area contributed by atoms with Crippen molar-refractivity contribution in [3.05, 3.63) is 34.4 Å². The van der Waals surface area contributed by atoms with Gasteiger partial charge in [0.15, 0.2) is 0 Å². The molecule has 0 radical (unpaired) electrons. The predicted octanol–water partition coefficient (Wildman–Crippen LogP) is 0.385. The van der Waals surface area contributed by atoms with Crippen molar-refractivity contribution in [2.75, 3.05) is 6.54 Å². The lowest BCUT2D eigenvalue weighted by molar-refractivity contribution is -0.384. The quantitative estimate of drug-likeness (QED) is 0.554. The third-order valence-corrected chi connectivity index (χ3v) is 1.82. The number of nitro benzene ring substituents is 1. The van der Waals surface area contributed by atoms with Crippen molar-refractivity contribution in [1.29, 1.82) is 0 Å². The Labute approximate surface area is 90.6 Å². The molecule has 1 rings (SSSR count). The molecule has 0 aliphatic carbocycles. The van der Waals surface area contributed by atoms with E-state index in [4.69, 9.17) is 15.6 Å². The molecular formula is C9H10N2O5. The molecule has 7 heteroatoms. The summed E-state index contributed by atoms with van der Waals surface area (Å²) in [6, 6.07) is 5.10. The first-order chi connectivity index (χ1) is 7.54. The van der Waals surface area contributed by atoms with Gasteiger partial charge in [-0.05, 0) is 12.1 Å². The van der Waals surface area contributed by atoms with E-state index >= 15 is 0 Å². The smallest absolute Gasteiger partial charge is 0.346 e. The number of nitro groups is 1. The van der Waals surface area contributed by atoms with Crippen LogP contribution in [0.3, 0.4) is 0 Å². The summed E-state index contributed by atoms with van der Waals surface area (Å²) in [5.41, 5.74) is 5.09. The number of carboxylic acid groups (broad SMARTS) is 1. The van der Waals surface area contributed by atoms with Crippen LogP contribution in [0, 0.1) is 10.1 Å². The minimum Gasteiger partial charge on any atom is -0.478 e. The van der Waals surface area contributed by atoms with Crippen LogP contribution in [0.1, 0.15) is 0 Å². The molecular weight excluding hydrogens is 216 g/mol. The Morgan fingerprint density at radius 2 is 2.06 bits per heavy atom. The van der Waals surface area contributed by atoms with Gasteiger partial charge in [0.05, 0.1) is 4.92 Å². The van der Waals surface area contributed by atoms with Gasteiger partial charge in [-0.25, -0.2) is 4.79 Å². The van der Waals surface area contributed by atoms with E-state index in [0.29, 0.717) is 0 Å². The molecule has 0 amide bonds. The highest BCUT2D eigenvalue weighted by Gasteiger charge is 2.17. The maximum atomic E-state index is 10.6. The van der Waals surface area contributed by atoms with E-state index in [1.54, 1.807) is 0 Å². The SMILES string of the molecule is NCC(Oc1ccc([N+](=O)[O-])cc1)C(=O)O. The van der Waals surface area contributed by atoms with Crippen LogP contribution in [0.4, 0.5) is 5.69 Å². The van der Waals surface area contributed by atoms with Crippen molar-refractivity contribution < 1.29 is 19.6 Å². The molecule has 86 valence electrons. The fourth-order valence-corrected chi connectivity index (χ4v) is 1.01. The maximum Gasteiger partial charge on any atom is 0.346 e. The summed E-state index contributed by atoms with van der Waals surface area (Å²) in [6.45, 7) is -0.174. The van der Waals surface area contributed by atoms with Gasteiger partial charge in [0.1, 0.15) is 5.75 Å². The largest absolute Gasteiger partial charge is 0.478 e. The molecule has 16 heavy (non-hydrogen) atoms. The molecule has 3 N–H and O–H groups in total. The average Bonchev–Trinajstić information content (AvgIpc) is 2.26. The van der Waals surface area contributed by atoms with Gasteiger partial charge >= 0.3 is 5.97 Å². The summed E-state index contributed by atoms with van der Waals surface area (Å²) in [7, 11) is 0. The monoisotopic (exact) mass is 226 g/mol. The number of ether oxygens (including phenoxy) is 1. The standard InChI is InChI=1S/C9H10N2O5/c10-5-8(9(12)13)16-7-3-1-6(2-4-7)11(14)15/h1-4,8H,5,10H2,(H,12,13). The molecule has 0 aliphatic heterocycles. The molecule has 0 spiro atoms. The summed E-state index contributed by atoms with van der Waals surface area (Å²) in [5, 5.41) is 19.0. The number of aliphatic carboxylic acids is 1. The van der Waals surface area contributed by atoms with Gasteiger partial charge in [-0.2, -0.15) is 0 Å². The second-order valence-electron chi connectivity index (χ2n) is 2.93. The minimum absolute atomic E-state index is 0.0908. The van der Waals surface area contributed by atoms with Gasteiger partial charge < -0.3 is 15.6 Å². The van der Waals surface area contributed by atoms with Crippen molar-refractivity contribution in [1.82, 2.24) is 0 Å². The van der Waals surface area contributed by atoms with Crippen molar-refractivity contribution >= 4 is 11.7 Å². The van der Waals surface area contributed by atoms with Crippen LogP contribution in [0.2, 0.25) is 0 Å². The van der Waals surface area contributed by atoms with Gasteiger partial charge in [-0.1, -0.05) is 0 Å². The summed E-state index contributed by atoms with van der Waals surface area (Å²) in [5.74, 6) is -0.954. The van der Waals surface area contributed by atoms with Gasteiger partial charge in [0.2, 0.25) is 6.10 Å². The van der Waals surface area contributed by atoms with Gasteiger partial charge in [-0.15, -0.1) is 0 Å². The first-order valence-corrected chi connectivity index (χ1v) is 4.38. The Morgan fingerprint density at radius 1 is 1.50 bits per heavy atom. The molecule has 0 bridgehead atoms. The summed E-state index contributed by atoms with van der Waals surface area (Å²) >= 11 is 0. The lowest BCUT2D eigenvalue weighted by Crippen LogP contribution is -2.34. The minimum atomic E-state index is -1.18. The fourth-order valence-electron chi connectivity index (χ4n) is 1.01. The van der Waals surface area contributed by atoms with Crippen LogP contribution >= 0.6 is 0 Å². The average molecular weight is 226 g/mol. The second kappa shape index (κ2) is 5.08. The first-order valence-electron chi connectivity index (χ1n) is 4.38. The van der Waals surface area contributed by atoms with Crippen molar-refractivity contribution in [2.45, 2.75) is 6.10 Å². The number of carboxylic acids is 1. The summed E-state index contributed by atoms with van der Waals surface area (Å²) in [6.07, 6.45) is -1.15. The molecule has 1 unspecified atom stereocenters. The lowest BCUT2D eigenvalue weighted by Gasteiger charge is -2.12. The highest BCUT2D eigenvalue weighted by atomic mass is 16.6. The molecule has 1 aromatic carbocycles. The highest BCUT2D eigenvalue weighted by molar-refractivity contribution is 5.73. The number of non-ortho nitro benzene ring substituents is 1. The van der Waals surface area contributed by atoms with E-state index in [2.05, 4.69) is 0 Å². The molecule has 0 aromatic heterocycles. The van der Waals surface area contributed by atoms with Crippen molar-refractivity contribution in [2.24, 2.45) is 5.73 Å².